The van der Waals surface area contributed by atoms with Crippen LogP contribution in [-0.2, 0) is 4.79 Å². The maximum Gasteiger partial charge on any atom is 0.317 e. The van der Waals surface area contributed by atoms with Crippen LogP contribution in [-0.4, -0.2) is 47.6 Å². The second kappa shape index (κ2) is 5.90. The Balaban J connectivity index is 2.16. The number of hydrogen-bond donors (Lipinski definition) is 2. The van der Waals surface area contributed by atoms with E-state index in [2.05, 4.69) is 15.1 Å². The summed E-state index contributed by atoms with van der Waals surface area (Å²) in [4.78, 5) is 20.2. The van der Waals surface area contributed by atoms with Gasteiger partial charge in [0.25, 0.3) is 0 Å². The van der Waals surface area contributed by atoms with Crippen molar-refractivity contribution in [1.82, 2.24) is 19.6 Å². The molecule has 22 heavy (non-hydrogen) atoms. The SMILES string of the molecule is Cc1nc2c3ccccc3nc(SC(CCO)C(=O)O)n2n1. The fourth-order valence-corrected chi connectivity index (χ4v) is 3.14. The number of aryl methyl sites for hydroxylation is 1. The Morgan fingerprint density at radius 3 is 2.86 bits per heavy atom. The standard InChI is InChI=1S/C14H14N4O3S/c1-8-15-12-9-4-2-3-5-10(9)16-14(18(12)17-8)22-11(6-7-19)13(20)21/h2-5,11,19H,6-7H2,1H3,(H,20,21). The first-order valence-corrected chi connectivity index (χ1v) is 7.60. The van der Waals surface area contributed by atoms with Crippen molar-refractivity contribution in [3.05, 3.63) is 30.1 Å². The Hall–Kier alpha value is -2.19. The van der Waals surface area contributed by atoms with Gasteiger partial charge >= 0.3 is 5.97 Å². The first kappa shape index (κ1) is 14.7. The van der Waals surface area contributed by atoms with Gasteiger partial charge in [0.05, 0.1) is 5.52 Å². The van der Waals surface area contributed by atoms with Crippen LogP contribution in [0.1, 0.15) is 12.2 Å². The van der Waals surface area contributed by atoms with Crippen molar-refractivity contribution < 1.29 is 15.0 Å². The molecule has 0 aliphatic rings. The number of aromatic nitrogens is 4. The number of carbonyl (C=O) groups is 1. The van der Waals surface area contributed by atoms with Gasteiger partial charge in [-0.3, -0.25) is 4.79 Å². The van der Waals surface area contributed by atoms with Crippen LogP contribution in [0.4, 0.5) is 0 Å². The molecule has 114 valence electrons. The smallest absolute Gasteiger partial charge is 0.317 e. The summed E-state index contributed by atoms with van der Waals surface area (Å²) < 4.78 is 1.57. The fraction of sp³-hybridized carbons (Fsp3) is 0.286. The molecule has 0 fully saturated rings. The van der Waals surface area contributed by atoms with Gasteiger partial charge in [-0.05, 0) is 25.5 Å². The lowest BCUT2D eigenvalue weighted by molar-refractivity contribution is -0.136. The average molecular weight is 318 g/mol. The quantitative estimate of drug-likeness (QED) is 0.543. The third-order valence-corrected chi connectivity index (χ3v) is 4.37. The summed E-state index contributed by atoms with van der Waals surface area (Å²) in [6, 6.07) is 7.52. The lowest BCUT2D eigenvalue weighted by Crippen LogP contribution is -2.18. The van der Waals surface area contributed by atoms with Crippen molar-refractivity contribution in [3.63, 3.8) is 0 Å². The third-order valence-electron chi connectivity index (χ3n) is 3.17. The summed E-state index contributed by atoms with van der Waals surface area (Å²) in [6.07, 6.45) is 0.143. The van der Waals surface area contributed by atoms with Gasteiger partial charge < -0.3 is 10.2 Å². The molecule has 7 nitrogen and oxygen atoms in total. The lowest BCUT2D eigenvalue weighted by Gasteiger charge is -2.11. The number of nitrogens with zero attached hydrogens (tertiary/aromatic N) is 4. The summed E-state index contributed by atoms with van der Waals surface area (Å²) in [5.41, 5.74) is 1.39. The van der Waals surface area contributed by atoms with Crippen molar-refractivity contribution in [2.45, 2.75) is 23.8 Å². The minimum Gasteiger partial charge on any atom is -0.480 e. The molecule has 0 spiro atoms. The van der Waals surface area contributed by atoms with Crippen molar-refractivity contribution >= 4 is 34.3 Å². The highest BCUT2D eigenvalue weighted by atomic mass is 32.2. The molecule has 8 heteroatoms. The van der Waals surface area contributed by atoms with Crippen molar-refractivity contribution in [1.29, 1.82) is 0 Å². The fourth-order valence-electron chi connectivity index (χ4n) is 2.19. The van der Waals surface area contributed by atoms with E-state index in [9.17, 15) is 9.90 Å². The molecule has 3 rings (SSSR count). The lowest BCUT2D eigenvalue weighted by atomic mass is 10.2. The van der Waals surface area contributed by atoms with Gasteiger partial charge in [-0.2, -0.15) is 4.52 Å². The molecular weight excluding hydrogens is 304 g/mol. The van der Waals surface area contributed by atoms with E-state index in [1.54, 1.807) is 11.4 Å². The largest absolute Gasteiger partial charge is 0.480 e. The highest BCUT2D eigenvalue weighted by molar-refractivity contribution is 8.00. The minimum absolute atomic E-state index is 0.143. The van der Waals surface area contributed by atoms with Crippen LogP contribution in [0, 0.1) is 6.92 Å². The summed E-state index contributed by atoms with van der Waals surface area (Å²) in [7, 11) is 0. The van der Waals surface area contributed by atoms with Gasteiger partial charge in [0.1, 0.15) is 11.1 Å². The first-order chi connectivity index (χ1) is 10.6. The number of aliphatic hydroxyl groups is 1. The Morgan fingerprint density at radius 2 is 2.14 bits per heavy atom. The summed E-state index contributed by atoms with van der Waals surface area (Å²) in [5, 5.41) is 23.1. The molecule has 1 atom stereocenters. The molecule has 2 aromatic heterocycles. The van der Waals surface area contributed by atoms with E-state index in [-0.39, 0.29) is 13.0 Å². The number of para-hydroxylation sites is 1. The van der Waals surface area contributed by atoms with E-state index in [0.717, 1.165) is 22.7 Å². The number of carboxylic acid groups (broad SMARTS) is 1. The Bertz CT molecular complexity index is 849. The van der Waals surface area contributed by atoms with Crippen LogP contribution in [0.3, 0.4) is 0 Å². The Kier molecular flexibility index (Phi) is 3.95. The van der Waals surface area contributed by atoms with E-state index in [1.807, 2.05) is 24.3 Å². The van der Waals surface area contributed by atoms with E-state index in [0.29, 0.717) is 16.6 Å². The molecule has 1 aromatic carbocycles. The van der Waals surface area contributed by atoms with Gasteiger partial charge in [-0.25, -0.2) is 9.97 Å². The molecule has 0 bridgehead atoms. The highest BCUT2D eigenvalue weighted by Crippen LogP contribution is 2.28. The predicted molar refractivity (Wildman–Crippen MR) is 82.0 cm³/mol. The minimum atomic E-state index is -0.987. The average Bonchev–Trinajstić information content (AvgIpc) is 2.89. The molecule has 0 aliphatic carbocycles. The van der Waals surface area contributed by atoms with Crippen molar-refractivity contribution in [2.24, 2.45) is 0 Å². The zero-order valence-electron chi connectivity index (χ0n) is 11.8. The number of aliphatic carboxylic acids is 1. The number of hydrogen-bond acceptors (Lipinski definition) is 6. The monoisotopic (exact) mass is 318 g/mol. The van der Waals surface area contributed by atoms with Gasteiger partial charge in [0.15, 0.2) is 10.8 Å². The number of rotatable bonds is 5. The van der Waals surface area contributed by atoms with Crippen LogP contribution in [0.2, 0.25) is 0 Å². The Morgan fingerprint density at radius 1 is 1.36 bits per heavy atom. The summed E-state index contributed by atoms with van der Waals surface area (Å²) in [6.45, 7) is 1.58. The zero-order chi connectivity index (χ0) is 15.7. The van der Waals surface area contributed by atoms with E-state index >= 15 is 0 Å². The third kappa shape index (κ3) is 2.62. The summed E-state index contributed by atoms with van der Waals surface area (Å²) in [5.74, 6) is -0.395. The number of benzene rings is 1. The zero-order valence-corrected chi connectivity index (χ0v) is 12.6. The van der Waals surface area contributed by atoms with Crippen LogP contribution < -0.4 is 0 Å². The molecule has 0 radical (unpaired) electrons. The van der Waals surface area contributed by atoms with E-state index in [4.69, 9.17) is 5.11 Å². The van der Waals surface area contributed by atoms with E-state index < -0.39 is 11.2 Å². The van der Waals surface area contributed by atoms with Gasteiger partial charge in [-0.1, -0.05) is 23.9 Å². The maximum atomic E-state index is 11.3. The first-order valence-electron chi connectivity index (χ1n) is 6.72. The van der Waals surface area contributed by atoms with E-state index in [1.165, 1.54) is 0 Å². The molecule has 1 unspecified atom stereocenters. The summed E-state index contributed by atoms with van der Waals surface area (Å²) >= 11 is 1.07. The molecule has 0 aliphatic heterocycles. The van der Waals surface area contributed by atoms with Crippen LogP contribution >= 0.6 is 11.8 Å². The number of thioether (sulfide) groups is 1. The number of aliphatic hydroxyl groups excluding tert-OH is 1. The second-order valence-corrected chi connectivity index (χ2v) is 5.93. The van der Waals surface area contributed by atoms with Crippen LogP contribution in [0.25, 0.3) is 16.6 Å². The number of fused-ring (bicyclic) bond motifs is 3. The molecule has 0 saturated heterocycles. The van der Waals surface area contributed by atoms with Crippen molar-refractivity contribution in [2.75, 3.05) is 6.61 Å². The van der Waals surface area contributed by atoms with Crippen LogP contribution in [0.15, 0.2) is 29.4 Å². The van der Waals surface area contributed by atoms with Crippen molar-refractivity contribution in [3.8, 4) is 0 Å². The van der Waals surface area contributed by atoms with Gasteiger partial charge in [0.2, 0.25) is 0 Å². The van der Waals surface area contributed by atoms with Crippen LogP contribution in [0.5, 0.6) is 0 Å². The number of carboxylic acids is 1. The normalized spacial score (nSPS) is 12.8. The van der Waals surface area contributed by atoms with Gasteiger partial charge in [0, 0.05) is 12.0 Å². The maximum absolute atomic E-state index is 11.3. The molecule has 3 aromatic rings. The second-order valence-electron chi connectivity index (χ2n) is 4.76. The molecule has 2 heterocycles. The van der Waals surface area contributed by atoms with Gasteiger partial charge in [-0.15, -0.1) is 5.10 Å². The Labute approximate surface area is 130 Å². The molecule has 0 amide bonds. The predicted octanol–water partition coefficient (Wildman–Crippen LogP) is 1.51. The molecule has 0 saturated carbocycles. The highest BCUT2D eigenvalue weighted by Gasteiger charge is 2.22. The molecule has 2 N–H and O–H groups in total. The molecular formula is C14H14N4O3S. The topological polar surface area (TPSA) is 101 Å².